The minimum atomic E-state index is -3.53. The van der Waals surface area contributed by atoms with Crippen LogP contribution in [0.1, 0.15) is 19.4 Å². The lowest BCUT2D eigenvalue weighted by atomic mass is 10.2. The maximum absolute atomic E-state index is 12.5. The van der Waals surface area contributed by atoms with E-state index >= 15 is 0 Å². The highest BCUT2D eigenvalue weighted by molar-refractivity contribution is 7.89. The predicted octanol–water partition coefficient (Wildman–Crippen LogP) is 5.60. The van der Waals surface area contributed by atoms with Crippen molar-refractivity contribution >= 4 is 50.1 Å². The Morgan fingerprint density at radius 2 is 1.48 bits per heavy atom. The SMILES string of the molecule is Cc1ccc(S(=O)(=O)N(C)C)cc1NC(=S)Nc1ccc(N(c2ccccc2)C(C)C)cc1. The van der Waals surface area contributed by atoms with Gasteiger partial charge in [-0.2, -0.15) is 0 Å². The zero-order valence-electron chi connectivity index (χ0n) is 19.5. The molecule has 0 radical (unpaired) electrons. The fourth-order valence-electron chi connectivity index (χ4n) is 3.43. The fraction of sp³-hybridized carbons (Fsp3) is 0.240. The zero-order valence-corrected chi connectivity index (χ0v) is 21.2. The van der Waals surface area contributed by atoms with Gasteiger partial charge in [-0.05, 0) is 87.1 Å². The van der Waals surface area contributed by atoms with Crippen molar-refractivity contribution in [3.63, 3.8) is 0 Å². The Kier molecular flexibility index (Phi) is 7.73. The summed E-state index contributed by atoms with van der Waals surface area (Å²) in [5.74, 6) is 0. The van der Waals surface area contributed by atoms with Crippen LogP contribution in [0.4, 0.5) is 22.7 Å². The molecule has 8 heteroatoms. The number of nitrogens with zero attached hydrogens (tertiary/aromatic N) is 2. The summed E-state index contributed by atoms with van der Waals surface area (Å²) in [4.78, 5) is 2.47. The van der Waals surface area contributed by atoms with Crippen molar-refractivity contribution in [2.45, 2.75) is 31.7 Å². The molecule has 0 aliphatic rings. The summed E-state index contributed by atoms with van der Waals surface area (Å²) in [5.41, 5.74) is 4.58. The van der Waals surface area contributed by atoms with Gasteiger partial charge in [-0.1, -0.05) is 24.3 Å². The molecule has 2 N–H and O–H groups in total. The molecule has 0 aliphatic carbocycles. The third kappa shape index (κ3) is 5.90. The van der Waals surface area contributed by atoms with E-state index in [9.17, 15) is 8.42 Å². The summed E-state index contributed by atoms with van der Waals surface area (Å²) >= 11 is 5.48. The first-order chi connectivity index (χ1) is 15.6. The van der Waals surface area contributed by atoms with Gasteiger partial charge in [0.2, 0.25) is 10.0 Å². The van der Waals surface area contributed by atoms with Crippen molar-refractivity contribution in [3.8, 4) is 0 Å². The number of hydrogen-bond donors (Lipinski definition) is 2. The van der Waals surface area contributed by atoms with Crippen molar-refractivity contribution in [1.29, 1.82) is 0 Å². The van der Waals surface area contributed by atoms with Crippen LogP contribution < -0.4 is 15.5 Å². The lowest BCUT2D eigenvalue weighted by Crippen LogP contribution is -2.25. The lowest BCUT2D eigenvalue weighted by Gasteiger charge is -2.29. The van der Waals surface area contributed by atoms with Gasteiger partial charge in [0.1, 0.15) is 0 Å². The van der Waals surface area contributed by atoms with E-state index in [0.29, 0.717) is 16.8 Å². The Bertz CT molecular complexity index is 1210. The summed E-state index contributed by atoms with van der Waals surface area (Å²) in [6, 6.07) is 23.6. The van der Waals surface area contributed by atoms with E-state index in [1.54, 1.807) is 18.2 Å². The van der Waals surface area contributed by atoms with E-state index in [-0.39, 0.29) is 4.90 Å². The average molecular weight is 483 g/mol. The number of benzene rings is 3. The van der Waals surface area contributed by atoms with Gasteiger partial charge < -0.3 is 15.5 Å². The monoisotopic (exact) mass is 482 g/mol. The minimum Gasteiger partial charge on any atom is -0.339 e. The van der Waals surface area contributed by atoms with E-state index in [1.807, 2.05) is 49.4 Å². The summed E-state index contributed by atoms with van der Waals surface area (Å²) in [7, 11) is -0.508. The summed E-state index contributed by atoms with van der Waals surface area (Å²) < 4.78 is 26.1. The van der Waals surface area contributed by atoms with Crippen LogP contribution in [0.3, 0.4) is 0 Å². The maximum Gasteiger partial charge on any atom is 0.242 e. The van der Waals surface area contributed by atoms with Crippen LogP contribution in [0.5, 0.6) is 0 Å². The molecule has 0 saturated heterocycles. The summed E-state index contributed by atoms with van der Waals surface area (Å²) in [6.07, 6.45) is 0. The Hall–Kier alpha value is -2.94. The molecule has 0 unspecified atom stereocenters. The lowest BCUT2D eigenvalue weighted by molar-refractivity contribution is 0.521. The fourth-order valence-corrected chi connectivity index (χ4v) is 4.59. The second kappa shape index (κ2) is 10.3. The molecule has 0 fully saturated rings. The Morgan fingerprint density at radius 3 is 2.06 bits per heavy atom. The molecule has 6 nitrogen and oxygen atoms in total. The first-order valence-corrected chi connectivity index (χ1v) is 12.5. The van der Waals surface area contributed by atoms with Gasteiger partial charge in [0.15, 0.2) is 5.11 Å². The number of rotatable bonds is 7. The second-order valence-corrected chi connectivity index (χ2v) is 10.7. The van der Waals surface area contributed by atoms with Crippen LogP contribution in [0.25, 0.3) is 0 Å². The molecule has 0 amide bonds. The quantitative estimate of drug-likeness (QED) is 0.427. The van der Waals surface area contributed by atoms with E-state index in [1.165, 1.54) is 18.4 Å². The molecule has 0 bridgehead atoms. The molecular weight excluding hydrogens is 452 g/mol. The summed E-state index contributed by atoms with van der Waals surface area (Å²) in [5, 5.41) is 6.68. The molecule has 3 rings (SSSR count). The number of nitrogens with one attached hydrogen (secondary N) is 2. The van der Waals surface area contributed by atoms with Crippen LogP contribution >= 0.6 is 12.2 Å². The third-order valence-corrected chi connectivity index (χ3v) is 7.21. The van der Waals surface area contributed by atoms with Gasteiger partial charge in [-0.15, -0.1) is 0 Å². The number of hydrogen-bond acceptors (Lipinski definition) is 4. The maximum atomic E-state index is 12.5. The Morgan fingerprint density at radius 1 is 0.879 bits per heavy atom. The first-order valence-electron chi connectivity index (χ1n) is 10.6. The molecule has 0 spiro atoms. The number of thiocarbonyl (C=S) groups is 1. The van der Waals surface area contributed by atoms with Gasteiger partial charge in [0.05, 0.1) is 4.90 Å². The highest BCUT2D eigenvalue weighted by atomic mass is 32.2. The molecule has 0 aromatic heterocycles. The number of anilines is 4. The average Bonchev–Trinajstić information content (AvgIpc) is 2.77. The van der Waals surface area contributed by atoms with Gasteiger partial charge in [0, 0.05) is 42.9 Å². The Labute approximate surface area is 202 Å². The highest BCUT2D eigenvalue weighted by Gasteiger charge is 2.18. The summed E-state index contributed by atoms with van der Waals surface area (Å²) in [6.45, 7) is 6.21. The van der Waals surface area contributed by atoms with Crippen LogP contribution in [0.2, 0.25) is 0 Å². The van der Waals surface area contributed by atoms with Crippen molar-refractivity contribution in [3.05, 3.63) is 78.4 Å². The molecule has 0 heterocycles. The zero-order chi connectivity index (χ0) is 24.2. The van der Waals surface area contributed by atoms with E-state index < -0.39 is 10.0 Å². The number of aryl methyl sites for hydroxylation is 1. The molecule has 0 saturated carbocycles. The van der Waals surface area contributed by atoms with Crippen LogP contribution in [0.15, 0.2) is 77.7 Å². The van der Waals surface area contributed by atoms with Crippen molar-refractivity contribution in [2.75, 3.05) is 29.6 Å². The molecular formula is C25H30N4O2S2. The normalized spacial score (nSPS) is 11.5. The number of para-hydroxylation sites is 1. The van der Waals surface area contributed by atoms with Gasteiger partial charge in [-0.25, -0.2) is 12.7 Å². The van der Waals surface area contributed by atoms with Crippen LogP contribution in [-0.4, -0.2) is 38.0 Å². The van der Waals surface area contributed by atoms with Gasteiger partial charge in [-0.3, -0.25) is 0 Å². The van der Waals surface area contributed by atoms with Crippen molar-refractivity contribution in [1.82, 2.24) is 4.31 Å². The van der Waals surface area contributed by atoms with Crippen LogP contribution in [0, 0.1) is 6.92 Å². The molecule has 3 aromatic rings. The van der Waals surface area contributed by atoms with Gasteiger partial charge in [0.25, 0.3) is 0 Å². The van der Waals surface area contributed by atoms with E-state index in [0.717, 1.165) is 22.6 Å². The standard InChI is InChI=1S/C25H30N4O2S2/c1-18(2)29(21-9-7-6-8-10-21)22-14-12-20(13-15-22)26-25(32)27-24-17-23(16-11-19(24)3)33(30,31)28(4)5/h6-18H,1-5H3,(H2,26,27,32). The molecule has 0 atom stereocenters. The molecule has 174 valence electrons. The third-order valence-electron chi connectivity index (χ3n) is 5.19. The highest BCUT2D eigenvalue weighted by Crippen LogP contribution is 2.29. The van der Waals surface area contributed by atoms with Crippen molar-refractivity contribution in [2.24, 2.45) is 0 Å². The van der Waals surface area contributed by atoms with E-state index in [2.05, 4.69) is 41.5 Å². The largest absolute Gasteiger partial charge is 0.339 e. The second-order valence-electron chi connectivity index (χ2n) is 8.19. The first kappa shape index (κ1) is 24.7. The van der Waals surface area contributed by atoms with Crippen LogP contribution in [-0.2, 0) is 10.0 Å². The molecule has 33 heavy (non-hydrogen) atoms. The number of sulfonamides is 1. The molecule has 0 aliphatic heterocycles. The molecule has 3 aromatic carbocycles. The van der Waals surface area contributed by atoms with E-state index in [4.69, 9.17) is 12.2 Å². The Balaban J connectivity index is 1.74. The van der Waals surface area contributed by atoms with Gasteiger partial charge >= 0.3 is 0 Å². The van der Waals surface area contributed by atoms with Crippen molar-refractivity contribution < 1.29 is 8.42 Å². The topological polar surface area (TPSA) is 64.7 Å². The predicted molar refractivity (Wildman–Crippen MR) is 142 cm³/mol. The smallest absolute Gasteiger partial charge is 0.242 e. The minimum absolute atomic E-state index is 0.211.